The predicted molar refractivity (Wildman–Crippen MR) is 94.8 cm³/mol. The molecule has 0 bridgehead atoms. The lowest BCUT2D eigenvalue weighted by Crippen LogP contribution is -2.37. The average Bonchev–Trinajstić information content (AvgIpc) is 2.97. The van der Waals surface area contributed by atoms with E-state index in [1.54, 1.807) is 29.0 Å². The second-order valence-corrected chi connectivity index (χ2v) is 6.37. The van der Waals surface area contributed by atoms with Gasteiger partial charge in [0.1, 0.15) is 5.92 Å². The van der Waals surface area contributed by atoms with Crippen LogP contribution in [0.3, 0.4) is 0 Å². The van der Waals surface area contributed by atoms with Crippen LogP contribution in [0.15, 0.2) is 54.6 Å². The number of carbonyl (C=O) groups is 2. The van der Waals surface area contributed by atoms with Crippen LogP contribution in [0.25, 0.3) is 0 Å². The van der Waals surface area contributed by atoms with Crippen molar-refractivity contribution in [3.8, 4) is 0 Å². The minimum atomic E-state index is -0.630. The molecule has 1 aliphatic rings. The summed E-state index contributed by atoms with van der Waals surface area (Å²) in [5, 5.41) is 0.525. The maximum atomic E-state index is 12.7. The minimum absolute atomic E-state index is 0.140. The van der Waals surface area contributed by atoms with E-state index in [4.69, 9.17) is 11.6 Å². The van der Waals surface area contributed by atoms with Crippen LogP contribution < -0.4 is 4.90 Å². The first-order chi connectivity index (χ1) is 11.6. The smallest absolute Gasteiger partial charge is 0.239 e. The summed E-state index contributed by atoms with van der Waals surface area (Å²) in [6.45, 7) is 1.01. The third kappa shape index (κ3) is 3.29. The lowest BCUT2D eigenvalue weighted by Gasteiger charge is -2.21. The molecule has 0 saturated carbocycles. The molecule has 2 aromatic rings. The van der Waals surface area contributed by atoms with E-state index in [9.17, 15) is 9.59 Å². The molecule has 4 nitrogen and oxygen atoms in total. The SMILES string of the molecule is CN(Cc1ccccc1)C(=O)C1CCN(c2ccccc2Cl)C1=O. The van der Waals surface area contributed by atoms with Gasteiger partial charge in [0.15, 0.2) is 0 Å². The molecule has 0 aliphatic carbocycles. The maximum absolute atomic E-state index is 12.7. The largest absolute Gasteiger partial charge is 0.341 e. The van der Waals surface area contributed by atoms with Gasteiger partial charge in [-0.2, -0.15) is 0 Å². The van der Waals surface area contributed by atoms with Crippen LogP contribution in [-0.4, -0.2) is 30.3 Å². The summed E-state index contributed by atoms with van der Waals surface area (Å²) in [4.78, 5) is 28.6. The zero-order chi connectivity index (χ0) is 17.1. The highest BCUT2D eigenvalue weighted by Gasteiger charge is 2.39. The van der Waals surface area contributed by atoms with Crippen molar-refractivity contribution in [2.75, 3.05) is 18.5 Å². The van der Waals surface area contributed by atoms with Gasteiger partial charge in [-0.15, -0.1) is 0 Å². The topological polar surface area (TPSA) is 40.6 Å². The molecule has 2 aromatic carbocycles. The highest BCUT2D eigenvalue weighted by Crippen LogP contribution is 2.31. The van der Waals surface area contributed by atoms with Crippen molar-refractivity contribution in [3.63, 3.8) is 0 Å². The van der Waals surface area contributed by atoms with E-state index in [0.717, 1.165) is 5.56 Å². The number of halogens is 1. The second kappa shape index (κ2) is 7.05. The van der Waals surface area contributed by atoms with E-state index in [1.165, 1.54) is 0 Å². The molecule has 124 valence electrons. The molecule has 24 heavy (non-hydrogen) atoms. The molecule has 2 amide bonds. The Hall–Kier alpha value is -2.33. The fourth-order valence-electron chi connectivity index (χ4n) is 3.02. The van der Waals surface area contributed by atoms with E-state index in [-0.39, 0.29) is 11.8 Å². The summed E-state index contributed by atoms with van der Waals surface area (Å²) in [5.41, 5.74) is 1.71. The number of amides is 2. The Balaban J connectivity index is 1.70. The van der Waals surface area contributed by atoms with Gasteiger partial charge >= 0.3 is 0 Å². The first kappa shape index (κ1) is 16.5. The van der Waals surface area contributed by atoms with Gasteiger partial charge in [-0.1, -0.05) is 54.1 Å². The summed E-state index contributed by atoms with van der Waals surface area (Å²) in [6.07, 6.45) is 0.516. The van der Waals surface area contributed by atoms with E-state index in [1.807, 2.05) is 42.5 Å². The number of hydrogen-bond acceptors (Lipinski definition) is 2. The van der Waals surface area contributed by atoms with Gasteiger partial charge in [0.2, 0.25) is 11.8 Å². The first-order valence-corrected chi connectivity index (χ1v) is 8.30. The van der Waals surface area contributed by atoms with Crippen LogP contribution in [0.5, 0.6) is 0 Å². The lowest BCUT2D eigenvalue weighted by molar-refractivity contribution is -0.139. The molecular weight excluding hydrogens is 324 g/mol. The van der Waals surface area contributed by atoms with E-state index in [0.29, 0.717) is 30.2 Å². The Morgan fingerprint density at radius 2 is 1.83 bits per heavy atom. The molecule has 1 saturated heterocycles. The van der Waals surface area contributed by atoms with Crippen molar-refractivity contribution in [2.45, 2.75) is 13.0 Å². The first-order valence-electron chi connectivity index (χ1n) is 7.92. The van der Waals surface area contributed by atoms with Crippen LogP contribution in [-0.2, 0) is 16.1 Å². The van der Waals surface area contributed by atoms with Gasteiger partial charge < -0.3 is 9.80 Å². The summed E-state index contributed by atoms with van der Waals surface area (Å²) in [7, 11) is 1.74. The lowest BCUT2D eigenvalue weighted by atomic mass is 10.1. The zero-order valence-electron chi connectivity index (χ0n) is 13.5. The minimum Gasteiger partial charge on any atom is -0.341 e. The van der Waals surface area contributed by atoms with Crippen LogP contribution in [0, 0.1) is 5.92 Å². The molecule has 1 atom stereocenters. The molecule has 0 N–H and O–H groups in total. The Labute approximate surface area is 146 Å². The van der Waals surface area contributed by atoms with Crippen LogP contribution in [0.4, 0.5) is 5.69 Å². The number of hydrogen-bond donors (Lipinski definition) is 0. The maximum Gasteiger partial charge on any atom is 0.239 e. The van der Waals surface area contributed by atoms with E-state index >= 15 is 0 Å². The highest BCUT2D eigenvalue weighted by atomic mass is 35.5. The number of nitrogens with zero attached hydrogens (tertiary/aromatic N) is 2. The number of anilines is 1. The summed E-state index contributed by atoms with van der Waals surface area (Å²) >= 11 is 6.18. The van der Waals surface area contributed by atoms with Gasteiger partial charge in [-0.3, -0.25) is 9.59 Å². The highest BCUT2D eigenvalue weighted by molar-refractivity contribution is 6.34. The molecule has 1 heterocycles. The van der Waals surface area contributed by atoms with Crippen LogP contribution in [0.2, 0.25) is 5.02 Å². The van der Waals surface area contributed by atoms with Crippen molar-refractivity contribution in [1.82, 2.24) is 4.90 Å². The zero-order valence-corrected chi connectivity index (χ0v) is 14.2. The Bertz CT molecular complexity index is 748. The van der Waals surface area contributed by atoms with Crippen LogP contribution in [0.1, 0.15) is 12.0 Å². The molecule has 5 heteroatoms. The van der Waals surface area contributed by atoms with Gasteiger partial charge in [-0.05, 0) is 24.1 Å². The average molecular weight is 343 g/mol. The number of benzene rings is 2. The molecule has 1 fully saturated rings. The van der Waals surface area contributed by atoms with Gasteiger partial charge in [0.05, 0.1) is 10.7 Å². The standard InChI is InChI=1S/C19H19ClN2O2/c1-21(13-14-7-3-2-4-8-14)18(23)15-11-12-22(19(15)24)17-10-6-5-9-16(17)20/h2-10,15H,11-13H2,1H3. The van der Waals surface area contributed by atoms with Crippen molar-refractivity contribution >= 4 is 29.1 Å². The van der Waals surface area contributed by atoms with Crippen molar-refractivity contribution < 1.29 is 9.59 Å². The molecule has 0 spiro atoms. The molecule has 0 aromatic heterocycles. The van der Waals surface area contributed by atoms with Crippen molar-refractivity contribution in [3.05, 3.63) is 65.2 Å². The van der Waals surface area contributed by atoms with Crippen molar-refractivity contribution in [1.29, 1.82) is 0 Å². The normalized spacial score (nSPS) is 17.2. The predicted octanol–water partition coefficient (Wildman–Crippen LogP) is 3.35. The van der Waals surface area contributed by atoms with Gasteiger partial charge in [0.25, 0.3) is 0 Å². The van der Waals surface area contributed by atoms with Crippen LogP contribution >= 0.6 is 11.6 Å². The molecule has 0 radical (unpaired) electrons. The molecular formula is C19H19ClN2O2. The quantitative estimate of drug-likeness (QED) is 0.799. The van der Waals surface area contributed by atoms with Gasteiger partial charge in [-0.25, -0.2) is 0 Å². The monoisotopic (exact) mass is 342 g/mol. The molecule has 1 unspecified atom stereocenters. The molecule has 3 rings (SSSR count). The summed E-state index contributed by atoms with van der Waals surface area (Å²) in [6, 6.07) is 17.0. The number of rotatable bonds is 4. The number of carbonyl (C=O) groups excluding carboxylic acids is 2. The number of para-hydroxylation sites is 1. The third-order valence-electron chi connectivity index (χ3n) is 4.29. The Morgan fingerprint density at radius 1 is 1.17 bits per heavy atom. The van der Waals surface area contributed by atoms with E-state index in [2.05, 4.69) is 0 Å². The third-order valence-corrected chi connectivity index (χ3v) is 4.61. The van der Waals surface area contributed by atoms with Crippen molar-refractivity contribution in [2.24, 2.45) is 5.92 Å². The fourth-order valence-corrected chi connectivity index (χ4v) is 3.26. The Morgan fingerprint density at radius 3 is 2.54 bits per heavy atom. The fraction of sp³-hybridized carbons (Fsp3) is 0.263. The summed E-state index contributed by atoms with van der Waals surface area (Å²) < 4.78 is 0. The Kier molecular flexibility index (Phi) is 4.86. The summed E-state index contributed by atoms with van der Waals surface area (Å²) in [5.74, 6) is -0.943. The van der Waals surface area contributed by atoms with Gasteiger partial charge in [0, 0.05) is 20.1 Å². The van der Waals surface area contributed by atoms with E-state index < -0.39 is 5.92 Å². The molecule has 1 aliphatic heterocycles. The second-order valence-electron chi connectivity index (χ2n) is 5.96.